The number of nitrogens with zero attached hydrogens (tertiary/aromatic N) is 2. The molecule has 0 saturated heterocycles. The lowest BCUT2D eigenvalue weighted by atomic mass is 10.2. The third kappa shape index (κ3) is 1.46. The van der Waals surface area contributed by atoms with Gasteiger partial charge in [0.25, 0.3) is 0 Å². The van der Waals surface area contributed by atoms with E-state index in [9.17, 15) is 4.79 Å². The van der Waals surface area contributed by atoms with E-state index in [1.54, 1.807) is 18.5 Å². The fourth-order valence-corrected chi connectivity index (χ4v) is 1.59. The first-order valence-electron chi connectivity index (χ1n) is 3.81. The van der Waals surface area contributed by atoms with Gasteiger partial charge in [0.1, 0.15) is 0 Å². The number of rotatable bonds is 1. The fourth-order valence-electron chi connectivity index (χ4n) is 1.14. The minimum Gasteiger partial charge on any atom is -0.478 e. The average molecular weight is 253 g/mol. The van der Waals surface area contributed by atoms with E-state index in [1.165, 1.54) is 6.20 Å². The molecule has 70 valence electrons. The SMILES string of the molecule is O=C(O)c1cnc2c(Br)cncc2c1. The van der Waals surface area contributed by atoms with Gasteiger partial charge in [0.15, 0.2) is 0 Å². The number of aromatic nitrogens is 2. The summed E-state index contributed by atoms with van der Waals surface area (Å²) in [6, 6.07) is 1.54. The van der Waals surface area contributed by atoms with Crippen LogP contribution < -0.4 is 0 Å². The smallest absolute Gasteiger partial charge is 0.337 e. The molecule has 2 aromatic rings. The number of pyridine rings is 2. The highest BCUT2D eigenvalue weighted by molar-refractivity contribution is 9.10. The third-order valence-corrected chi connectivity index (χ3v) is 2.37. The first-order chi connectivity index (χ1) is 6.68. The Balaban J connectivity index is 2.73. The lowest BCUT2D eigenvalue weighted by Crippen LogP contribution is -1.97. The molecule has 1 N–H and O–H groups in total. The van der Waals surface area contributed by atoms with Crippen LogP contribution in [0.4, 0.5) is 0 Å². The number of hydrogen-bond donors (Lipinski definition) is 1. The number of fused-ring (bicyclic) bond motifs is 1. The second-order valence-corrected chi connectivity index (χ2v) is 3.58. The first-order valence-corrected chi connectivity index (χ1v) is 4.60. The van der Waals surface area contributed by atoms with Crippen LogP contribution in [0.15, 0.2) is 29.1 Å². The summed E-state index contributed by atoms with van der Waals surface area (Å²) in [5.74, 6) is -0.987. The zero-order valence-electron chi connectivity index (χ0n) is 6.94. The summed E-state index contributed by atoms with van der Waals surface area (Å²) >= 11 is 3.29. The van der Waals surface area contributed by atoms with Gasteiger partial charge in [-0.25, -0.2) is 4.79 Å². The minimum absolute atomic E-state index is 0.164. The molecule has 2 aromatic heterocycles. The van der Waals surface area contributed by atoms with Gasteiger partial charge in [-0.05, 0) is 22.0 Å². The van der Waals surface area contributed by atoms with Crippen LogP contribution in [0.2, 0.25) is 0 Å². The number of hydrogen-bond acceptors (Lipinski definition) is 3. The molecule has 0 radical (unpaired) electrons. The second-order valence-electron chi connectivity index (χ2n) is 2.72. The summed E-state index contributed by atoms with van der Waals surface area (Å²) in [5.41, 5.74) is 0.877. The molecule has 0 saturated carbocycles. The van der Waals surface area contributed by atoms with Gasteiger partial charge in [-0.2, -0.15) is 0 Å². The van der Waals surface area contributed by atoms with Gasteiger partial charge in [0.05, 0.1) is 15.6 Å². The molecule has 4 nitrogen and oxygen atoms in total. The lowest BCUT2D eigenvalue weighted by Gasteiger charge is -1.99. The summed E-state index contributed by atoms with van der Waals surface area (Å²) in [6.07, 6.45) is 4.53. The van der Waals surface area contributed by atoms with Gasteiger partial charge >= 0.3 is 5.97 Å². The fraction of sp³-hybridized carbons (Fsp3) is 0. The molecule has 0 aliphatic carbocycles. The number of aromatic carboxylic acids is 1. The van der Waals surface area contributed by atoms with Crippen LogP contribution in [0.3, 0.4) is 0 Å². The number of carbonyl (C=O) groups is 1. The Morgan fingerprint density at radius 3 is 2.86 bits per heavy atom. The van der Waals surface area contributed by atoms with E-state index in [0.717, 1.165) is 4.47 Å². The first kappa shape index (κ1) is 9.08. The number of carboxylic acid groups (broad SMARTS) is 1. The van der Waals surface area contributed by atoms with E-state index >= 15 is 0 Å². The van der Waals surface area contributed by atoms with Crippen molar-refractivity contribution in [2.75, 3.05) is 0 Å². The lowest BCUT2D eigenvalue weighted by molar-refractivity contribution is 0.0696. The zero-order chi connectivity index (χ0) is 10.1. The third-order valence-electron chi connectivity index (χ3n) is 1.79. The molecule has 0 aliphatic rings. The van der Waals surface area contributed by atoms with Gasteiger partial charge < -0.3 is 5.11 Å². The van der Waals surface area contributed by atoms with Gasteiger partial charge in [0, 0.05) is 24.0 Å². The van der Waals surface area contributed by atoms with Crippen LogP contribution in [0, 0.1) is 0 Å². The van der Waals surface area contributed by atoms with Crippen LogP contribution in [-0.4, -0.2) is 21.0 Å². The second kappa shape index (κ2) is 3.34. The average Bonchev–Trinajstić information content (AvgIpc) is 2.17. The van der Waals surface area contributed by atoms with E-state index < -0.39 is 5.97 Å². The predicted molar refractivity (Wildman–Crippen MR) is 54.2 cm³/mol. The highest BCUT2D eigenvalue weighted by atomic mass is 79.9. The van der Waals surface area contributed by atoms with E-state index in [1.807, 2.05) is 0 Å². The van der Waals surface area contributed by atoms with Crippen molar-refractivity contribution in [3.05, 3.63) is 34.7 Å². The topological polar surface area (TPSA) is 63.1 Å². The Morgan fingerprint density at radius 1 is 1.36 bits per heavy atom. The molecule has 5 heteroatoms. The molecule has 2 rings (SSSR count). The van der Waals surface area contributed by atoms with E-state index in [0.29, 0.717) is 10.9 Å². The van der Waals surface area contributed by atoms with Gasteiger partial charge in [-0.3, -0.25) is 9.97 Å². The van der Waals surface area contributed by atoms with Crippen molar-refractivity contribution in [2.45, 2.75) is 0 Å². The van der Waals surface area contributed by atoms with Crippen molar-refractivity contribution in [3.63, 3.8) is 0 Å². The zero-order valence-corrected chi connectivity index (χ0v) is 8.52. The van der Waals surface area contributed by atoms with Crippen LogP contribution in [0.1, 0.15) is 10.4 Å². The molecule has 0 aromatic carbocycles. The highest BCUT2D eigenvalue weighted by Crippen LogP contribution is 2.20. The Morgan fingerprint density at radius 2 is 2.14 bits per heavy atom. The van der Waals surface area contributed by atoms with E-state index in [-0.39, 0.29) is 5.56 Å². The van der Waals surface area contributed by atoms with Gasteiger partial charge in [0.2, 0.25) is 0 Å². The largest absolute Gasteiger partial charge is 0.478 e. The maximum absolute atomic E-state index is 10.7. The van der Waals surface area contributed by atoms with Crippen LogP contribution in [0.5, 0.6) is 0 Å². The summed E-state index contributed by atoms with van der Waals surface area (Å²) in [7, 11) is 0. The molecule has 2 heterocycles. The monoisotopic (exact) mass is 252 g/mol. The van der Waals surface area contributed by atoms with Crippen molar-refractivity contribution in [3.8, 4) is 0 Å². The van der Waals surface area contributed by atoms with Crippen LogP contribution >= 0.6 is 15.9 Å². The molecule has 0 amide bonds. The molecule has 14 heavy (non-hydrogen) atoms. The highest BCUT2D eigenvalue weighted by Gasteiger charge is 2.06. The summed E-state index contributed by atoms with van der Waals surface area (Å²) in [4.78, 5) is 18.6. The van der Waals surface area contributed by atoms with Gasteiger partial charge in [-0.15, -0.1) is 0 Å². The maximum atomic E-state index is 10.7. The van der Waals surface area contributed by atoms with Crippen molar-refractivity contribution in [2.24, 2.45) is 0 Å². The quantitative estimate of drug-likeness (QED) is 0.845. The normalized spacial score (nSPS) is 10.4. The molecule has 0 spiro atoms. The van der Waals surface area contributed by atoms with Crippen molar-refractivity contribution >= 4 is 32.8 Å². The maximum Gasteiger partial charge on any atom is 0.337 e. The van der Waals surface area contributed by atoms with Crippen molar-refractivity contribution in [1.29, 1.82) is 0 Å². The van der Waals surface area contributed by atoms with Gasteiger partial charge in [-0.1, -0.05) is 0 Å². The minimum atomic E-state index is -0.987. The molecular formula is C9H5BrN2O2. The number of halogens is 1. The van der Waals surface area contributed by atoms with Crippen molar-refractivity contribution < 1.29 is 9.90 Å². The van der Waals surface area contributed by atoms with E-state index in [4.69, 9.17) is 5.11 Å². The molecule has 0 aliphatic heterocycles. The Bertz CT molecular complexity index is 513. The van der Waals surface area contributed by atoms with Crippen LogP contribution in [-0.2, 0) is 0 Å². The molecular weight excluding hydrogens is 248 g/mol. The Hall–Kier alpha value is -1.49. The Labute approximate surface area is 87.7 Å². The molecule has 0 atom stereocenters. The molecule has 0 unspecified atom stereocenters. The Kier molecular flexibility index (Phi) is 2.17. The summed E-state index contributed by atoms with van der Waals surface area (Å²) < 4.78 is 0.756. The summed E-state index contributed by atoms with van der Waals surface area (Å²) in [5, 5.41) is 9.45. The van der Waals surface area contributed by atoms with Crippen LogP contribution in [0.25, 0.3) is 10.9 Å². The van der Waals surface area contributed by atoms with Crippen molar-refractivity contribution in [1.82, 2.24) is 9.97 Å². The number of carboxylic acids is 1. The predicted octanol–water partition coefficient (Wildman–Crippen LogP) is 2.09. The molecule has 0 fully saturated rings. The standard InChI is InChI=1S/C9H5BrN2O2/c10-7-4-11-2-5-1-6(9(13)14)3-12-8(5)7/h1-4H,(H,13,14). The molecule has 0 bridgehead atoms. The van der Waals surface area contributed by atoms with E-state index in [2.05, 4.69) is 25.9 Å². The summed E-state index contributed by atoms with van der Waals surface area (Å²) in [6.45, 7) is 0.